The number of aliphatic hydroxyl groups is 1. The zero-order chi connectivity index (χ0) is 18.7. The Morgan fingerprint density at radius 3 is 2.65 bits per heavy atom. The van der Waals surface area contributed by atoms with Crippen LogP contribution in [-0.4, -0.2) is 57.0 Å². The second kappa shape index (κ2) is 8.24. The van der Waals surface area contributed by atoms with Crippen LogP contribution in [0.15, 0.2) is 24.4 Å². The Balaban J connectivity index is 1.65. The zero-order valence-corrected chi connectivity index (χ0v) is 15.3. The molecule has 0 unspecified atom stereocenters. The topological polar surface area (TPSA) is 44.5 Å². The van der Waals surface area contributed by atoms with Crippen LogP contribution in [0.5, 0.6) is 0 Å². The molecule has 0 amide bonds. The number of benzene rings is 1. The molecule has 1 aromatic heterocycles. The van der Waals surface area contributed by atoms with Gasteiger partial charge in [0.2, 0.25) is 0 Å². The van der Waals surface area contributed by atoms with Crippen molar-refractivity contribution in [1.29, 1.82) is 0 Å². The van der Waals surface area contributed by atoms with Gasteiger partial charge in [-0.2, -0.15) is 5.10 Å². The van der Waals surface area contributed by atoms with Gasteiger partial charge in [0.05, 0.1) is 6.20 Å². The molecule has 0 aliphatic carbocycles. The van der Waals surface area contributed by atoms with Gasteiger partial charge in [0, 0.05) is 63.7 Å². The highest BCUT2D eigenvalue weighted by atomic mass is 19.2. The van der Waals surface area contributed by atoms with Crippen LogP contribution >= 0.6 is 0 Å². The fourth-order valence-corrected chi connectivity index (χ4v) is 3.54. The van der Waals surface area contributed by atoms with Gasteiger partial charge >= 0.3 is 0 Å². The molecule has 0 radical (unpaired) electrons. The summed E-state index contributed by atoms with van der Waals surface area (Å²) in [5.41, 5.74) is 3.13. The number of nitrogens with zero attached hydrogens (tertiary/aromatic N) is 4. The Hall–Kier alpha value is -1.83. The average molecular weight is 364 g/mol. The number of aryl methyl sites for hydroxylation is 1. The van der Waals surface area contributed by atoms with E-state index in [1.54, 1.807) is 6.07 Å². The van der Waals surface area contributed by atoms with Crippen LogP contribution < -0.4 is 0 Å². The molecule has 0 spiro atoms. The van der Waals surface area contributed by atoms with E-state index in [-0.39, 0.29) is 12.6 Å². The number of piperazine rings is 1. The number of aromatic nitrogens is 2. The van der Waals surface area contributed by atoms with Crippen molar-refractivity contribution >= 4 is 0 Å². The summed E-state index contributed by atoms with van der Waals surface area (Å²) >= 11 is 0. The largest absolute Gasteiger partial charge is 0.396 e. The number of halogens is 2. The van der Waals surface area contributed by atoms with Gasteiger partial charge in [0.15, 0.2) is 11.6 Å². The van der Waals surface area contributed by atoms with Gasteiger partial charge in [0.1, 0.15) is 0 Å². The van der Waals surface area contributed by atoms with E-state index in [1.165, 1.54) is 17.7 Å². The van der Waals surface area contributed by atoms with E-state index >= 15 is 0 Å². The van der Waals surface area contributed by atoms with Gasteiger partial charge in [-0.05, 0) is 31.0 Å². The van der Waals surface area contributed by atoms with E-state index in [0.29, 0.717) is 13.0 Å². The monoisotopic (exact) mass is 364 g/mol. The molecule has 0 saturated carbocycles. The second-order valence-electron chi connectivity index (χ2n) is 7.00. The summed E-state index contributed by atoms with van der Waals surface area (Å²) in [5.74, 6) is -1.63. The molecule has 7 heteroatoms. The fourth-order valence-electron chi connectivity index (χ4n) is 3.54. The second-order valence-corrected chi connectivity index (χ2v) is 7.00. The standard InChI is InChI=1S/C19H26F2N4O/c1-14-16(10-22-23(14)2)12-24-6-7-25(17(13-24)5-8-26)11-15-3-4-18(20)19(21)9-15/h3-4,9-10,17,26H,5-8,11-13H2,1-2H3/t17-/m0/s1. The predicted octanol–water partition coefficient (Wildman–Crippen LogP) is 2.08. The minimum atomic E-state index is -0.822. The number of hydrogen-bond donors (Lipinski definition) is 1. The van der Waals surface area contributed by atoms with E-state index in [4.69, 9.17) is 0 Å². The first kappa shape index (κ1) is 18.9. The maximum Gasteiger partial charge on any atom is 0.159 e. The molecule has 1 aliphatic rings. The minimum Gasteiger partial charge on any atom is -0.396 e. The van der Waals surface area contributed by atoms with Crippen molar-refractivity contribution in [2.24, 2.45) is 7.05 Å². The molecule has 1 fully saturated rings. The Morgan fingerprint density at radius 2 is 2.00 bits per heavy atom. The van der Waals surface area contributed by atoms with Gasteiger partial charge in [-0.25, -0.2) is 8.78 Å². The summed E-state index contributed by atoms with van der Waals surface area (Å²) in [5, 5.41) is 13.7. The van der Waals surface area contributed by atoms with Crippen molar-refractivity contribution in [2.45, 2.75) is 32.5 Å². The van der Waals surface area contributed by atoms with E-state index in [9.17, 15) is 13.9 Å². The first-order valence-electron chi connectivity index (χ1n) is 8.96. The summed E-state index contributed by atoms with van der Waals surface area (Å²) < 4.78 is 28.5. The highest BCUT2D eigenvalue weighted by Gasteiger charge is 2.27. The van der Waals surface area contributed by atoms with Crippen LogP contribution in [0.2, 0.25) is 0 Å². The smallest absolute Gasteiger partial charge is 0.159 e. The first-order valence-corrected chi connectivity index (χ1v) is 8.96. The van der Waals surface area contributed by atoms with E-state index in [0.717, 1.165) is 37.4 Å². The van der Waals surface area contributed by atoms with Crippen molar-refractivity contribution in [1.82, 2.24) is 19.6 Å². The Labute approximate surface area is 152 Å². The van der Waals surface area contributed by atoms with Crippen LogP contribution in [0.25, 0.3) is 0 Å². The normalized spacial score (nSPS) is 19.2. The van der Waals surface area contributed by atoms with Crippen LogP contribution in [-0.2, 0) is 20.1 Å². The van der Waals surface area contributed by atoms with Crippen molar-refractivity contribution < 1.29 is 13.9 Å². The lowest BCUT2D eigenvalue weighted by molar-refractivity contribution is 0.0498. The predicted molar refractivity (Wildman–Crippen MR) is 95.5 cm³/mol. The summed E-state index contributed by atoms with van der Waals surface area (Å²) in [7, 11) is 1.94. The molecule has 3 rings (SSSR count). The molecule has 5 nitrogen and oxygen atoms in total. The van der Waals surface area contributed by atoms with Crippen molar-refractivity contribution in [2.75, 3.05) is 26.2 Å². The molecule has 1 aromatic carbocycles. The molecule has 26 heavy (non-hydrogen) atoms. The molecule has 2 aromatic rings. The minimum absolute atomic E-state index is 0.110. The molecule has 1 aliphatic heterocycles. The maximum absolute atomic E-state index is 13.5. The Bertz CT molecular complexity index is 749. The van der Waals surface area contributed by atoms with Crippen LogP contribution in [0.4, 0.5) is 8.78 Å². The molecule has 1 atom stereocenters. The zero-order valence-electron chi connectivity index (χ0n) is 15.3. The van der Waals surface area contributed by atoms with Crippen molar-refractivity contribution in [3.05, 3.63) is 52.9 Å². The maximum atomic E-state index is 13.5. The SMILES string of the molecule is Cc1c(CN2CCN(Cc3ccc(F)c(F)c3)[C@@H](CCO)C2)cnn1C. The highest BCUT2D eigenvalue weighted by Crippen LogP contribution is 2.20. The molecular weight excluding hydrogens is 338 g/mol. The lowest BCUT2D eigenvalue weighted by Gasteiger charge is -2.41. The van der Waals surface area contributed by atoms with E-state index in [1.807, 2.05) is 17.9 Å². The lowest BCUT2D eigenvalue weighted by Crippen LogP contribution is -2.52. The summed E-state index contributed by atoms with van der Waals surface area (Å²) in [4.78, 5) is 4.61. The van der Waals surface area contributed by atoms with Crippen LogP contribution in [0, 0.1) is 18.6 Å². The fraction of sp³-hybridized carbons (Fsp3) is 0.526. The van der Waals surface area contributed by atoms with Gasteiger partial charge < -0.3 is 5.11 Å². The molecule has 1 saturated heterocycles. The Kier molecular flexibility index (Phi) is 6.01. The van der Waals surface area contributed by atoms with Gasteiger partial charge in [0.25, 0.3) is 0 Å². The Morgan fingerprint density at radius 1 is 1.19 bits per heavy atom. The lowest BCUT2D eigenvalue weighted by atomic mass is 10.1. The summed E-state index contributed by atoms with van der Waals surface area (Å²) in [6.45, 7) is 6.11. The average Bonchev–Trinajstić information content (AvgIpc) is 2.93. The van der Waals surface area contributed by atoms with Gasteiger partial charge in [-0.15, -0.1) is 0 Å². The molecule has 1 N–H and O–H groups in total. The first-order chi connectivity index (χ1) is 12.5. The summed E-state index contributed by atoms with van der Waals surface area (Å²) in [6, 6.07) is 4.24. The van der Waals surface area contributed by atoms with Crippen molar-refractivity contribution in [3.63, 3.8) is 0 Å². The van der Waals surface area contributed by atoms with Gasteiger partial charge in [-0.1, -0.05) is 6.07 Å². The molecule has 2 heterocycles. The molecule has 0 bridgehead atoms. The molecular formula is C19H26F2N4O. The highest BCUT2D eigenvalue weighted by molar-refractivity contribution is 5.18. The quantitative estimate of drug-likeness (QED) is 0.852. The van der Waals surface area contributed by atoms with Crippen molar-refractivity contribution in [3.8, 4) is 0 Å². The number of hydrogen-bond acceptors (Lipinski definition) is 4. The van der Waals surface area contributed by atoms with E-state index < -0.39 is 11.6 Å². The third-order valence-corrected chi connectivity index (χ3v) is 5.25. The third-order valence-electron chi connectivity index (χ3n) is 5.25. The van der Waals surface area contributed by atoms with E-state index in [2.05, 4.69) is 21.8 Å². The van der Waals surface area contributed by atoms with Crippen LogP contribution in [0.3, 0.4) is 0 Å². The number of aliphatic hydroxyl groups excluding tert-OH is 1. The summed E-state index contributed by atoms with van der Waals surface area (Å²) in [6.07, 6.45) is 2.57. The third kappa shape index (κ3) is 4.28. The van der Waals surface area contributed by atoms with Crippen LogP contribution in [0.1, 0.15) is 23.2 Å². The number of rotatable bonds is 6. The van der Waals surface area contributed by atoms with Gasteiger partial charge in [-0.3, -0.25) is 14.5 Å². The molecule has 142 valence electrons.